The van der Waals surface area contributed by atoms with Crippen LogP contribution in [0.3, 0.4) is 0 Å². The highest BCUT2D eigenvalue weighted by Crippen LogP contribution is 2.12. The van der Waals surface area contributed by atoms with Crippen molar-refractivity contribution >= 4 is 21.5 Å². The van der Waals surface area contributed by atoms with Gasteiger partial charge >= 0.3 is 0 Å². The molecular formula is C43H81N3. The molecule has 0 saturated heterocycles. The molecule has 0 fully saturated rings. The number of benzene rings is 4. The van der Waals surface area contributed by atoms with Gasteiger partial charge in [-0.1, -0.05) is 226 Å². The summed E-state index contributed by atoms with van der Waals surface area (Å²) >= 11 is 0. The Hall–Kier alpha value is -3.04. The summed E-state index contributed by atoms with van der Waals surface area (Å²) < 4.78 is 0. The first-order valence-electron chi connectivity index (χ1n) is 18.0. The lowest BCUT2D eigenvalue weighted by atomic mass is 10.1. The summed E-state index contributed by atoms with van der Waals surface area (Å²) in [6.45, 7) is 29.2. The van der Waals surface area contributed by atoms with Gasteiger partial charge in [-0.05, 0) is 35.6 Å². The molecule has 0 unspecified atom stereocenters. The van der Waals surface area contributed by atoms with Crippen molar-refractivity contribution in [3.8, 4) is 0 Å². The van der Waals surface area contributed by atoms with Gasteiger partial charge < -0.3 is 5.32 Å². The van der Waals surface area contributed by atoms with Gasteiger partial charge in [-0.2, -0.15) is 10.2 Å². The molecular weight excluding hydrogens is 558 g/mol. The summed E-state index contributed by atoms with van der Waals surface area (Å²) in [7, 11) is 7.03. The Kier molecular flexibility index (Phi) is 82.4. The van der Waals surface area contributed by atoms with Crippen LogP contribution >= 0.6 is 0 Å². The molecule has 46 heavy (non-hydrogen) atoms. The molecule has 0 aliphatic carbocycles. The van der Waals surface area contributed by atoms with Gasteiger partial charge in [-0.3, -0.25) is 0 Å². The highest BCUT2D eigenvalue weighted by molar-refractivity contribution is 5.82. The van der Waals surface area contributed by atoms with E-state index in [4.69, 9.17) is 0 Å². The van der Waals surface area contributed by atoms with Crippen molar-refractivity contribution in [2.75, 3.05) is 28.2 Å². The minimum atomic E-state index is 1.25. The Labute approximate surface area is 290 Å². The lowest BCUT2D eigenvalue weighted by Gasteiger charge is -1.92. The van der Waals surface area contributed by atoms with Crippen molar-refractivity contribution in [1.82, 2.24) is 5.32 Å². The monoisotopic (exact) mass is 640 g/mol. The Morgan fingerprint density at radius 3 is 0.500 bits per heavy atom. The van der Waals surface area contributed by atoms with Gasteiger partial charge in [0.05, 0.1) is 0 Å². The van der Waals surface area contributed by atoms with E-state index in [2.05, 4.69) is 182 Å². The molecule has 0 atom stereocenters. The molecule has 1 N–H and O–H groups in total. The summed E-state index contributed by atoms with van der Waals surface area (Å²) in [4.78, 5) is 0. The van der Waals surface area contributed by atoms with Crippen molar-refractivity contribution in [1.29, 1.82) is 0 Å². The molecule has 4 aromatic carbocycles. The largest absolute Gasteiger partial charge is 0.323 e. The second kappa shape index (κ2) is 64.8. The normalized spacial score (nSPS) is 7.78. The Bertz CT molecular complexity index is 775. The van der Waals surface area contributed by atoms with Gasteiger partial charge in [0.15, 0.2) is 0 Å². The maximum absolute atomic E-state index is 3.36. The van der Waals surface area contributed by atoms with Gasteiger partial charge in [0.1, 0.15) is 0 Å². The third kappa shape index (κ3) is 56.7. The van der Waals surface area contributed by atoms with Crippen LogP contribution in [-0.2, 0) is 0 Å². The highest BCUT2D eigenvalue weighted by atomic mass is 15.0. The number of azo groups is 1. The van der Waals surface area contributed by atoms with Gasteiger partial charge in [-0.25, -0.2) is 0 Å². The van der Waals surface area contributed by atoms with Crippen LogP contribution in [-0.4, -0.2) is 28.2 Å². The van der Waals surface area contributed by atoms with Crippen LogP contribution in [0, 0.1) is 0 Å². The van der Waals surface area contributed by atoms with Gasteiger partial charge in [0.25, 0.3) is 0 Å². The van der Waals surface area contributed by atoms with E-state index in [1.165, 1.54) is 53.6 Å². The van der Waals surface area contributed by atoms with Gasteiger partial charge in [0.2, 0.25) is 0 Å². The summed E-state index contributed by atoms with van der Waals surface area (Å²) in [5.41, 5.74) is 0. The molecule has 0 saturated carbocycles. The molecule has 0 aliphatic rings. The molecule has 0 aliphatic heterocycles. The van der Waals surface area contributed by atoms with Gasteiger partial charge in [0, 0.05) is 14.1 Å². The fourth-order valence-electron chi connectivity index (χ4n) is 2.27. The van der Waals surface area contributed by atoms with E-state index < -0.39 is 0 Å². The van der Waals surface area contributed by atoms with Gasteiger partial charge in [-0.15, -0.1) is 0 Å². The fourth-order valence-corrected chi connectivity index (χ4v) is 2.27. The SMILES string of the molecule is CC.CC.CCC.CCC.CCC.CCC.CCC.CN=NC.CNC.c1ccc2ccccc2c1.c1ccc2ccccc2c1. The summed E-state index contributed by atoms with van der Waals surface area (Å²) in [6, 6.07) is 33.4. The molecule has 4 rings (SSSR count). The van der Waals surface area contributed by atoms with Crippen molar-refractivity contribution in [3.63, 3.8) is 0 Å². The lowest BCUT2D eigenvalue weighted by molar-refractivity contribution is 1.02. The maximum Gasteiger partial charge on any atom is 0.0487 e. The zero-order valence-electron chi connectivity index (χ0n) is 34.2. The average molecular weight is 640 g/mol. The summed E-state index contributed by atoms with van der Waals surface area (Å²) in [5.74, 6) is 0. The predicted molar refractivity (Wildman–Crippen MR) is 222 cm³/mol. The van der Waals surface area contributed by atoms with Crippen LogP contribution in [0.25, 0.3) is 21.5 Å². The first kappa shape index (κ1) is 58.5. The smallest absolute Gasteiger partial charge is 0.0487 e. The first-order valence-corrected chi connectivity index (χ1v) is 18.0. The number of hydrogen-bond acceptors (Lipinski definition) is 3. The van der Waals surface area contributed by atoms with Crippen LogP contribution in [0.15, 0.2) is 107 Å². The molecule has 0 radical (unpaired) electrons. The van der Waals surface area contributed by atoms with Crippen molar-refractivity contribution < 1.29 is 0 Å². The topological polar surface area (TPSA) is 36.8 Å². The van der Waals surface area contributed by atoms with Crippen LogP contribution < -0.4 is 5.32 Å². The molecule has 0 aromatic heterocycles. The highest BCUT2D eigenvalue weighted by Gasteiger charge is 1.86. The van der Waals surface area contributed by atoms with Crippen LogP contribution in [0.5, 0.6) is 0 Å². The van der Waals surface area contributed by atoms with Crippen molar-refractivity contribution in [2.45, 2.75) is 129 Å². The predicted octanol–water partition coefficient (Wildman–Crippen LogP) is 15.3. The quantitative estimate of drug-likeness (QED) is 0.191. The second-order valence-corrected chi connectivity index (χ2v) is 9.13. The fraction of sp³-hybridized carbons (Fsp3) is 0.535. The van der Waals surface area contributed by atoms with E-state index in [1.807, 2.05) is 41.8 Å². The Morgan fingerprint density at radius 2 is 0.435 bits per heavy atom. The first-order chi connectivity index (χ1) is 22.3. The molecule has 0 spiro atoms. The van der Waals surface area contributed by atoms with E-state index in [0.29, 0.717) is 0 Å². The molecule has 3 heteroatoms. The van der Waals surface area contributed by atoms with E-state index in [0.717, 1.165) is 0 Å². The summed E-state index contributed by atoms with van der Waals surface area (Å²) in [6.07, 6.45) is 6.25. The summed E-state index contributed by atoms with van der Waals surface area (Å²) in [5, 5.41) is 14.7. The number of fused-ring (bicyclic) bond motifs is 2. The van der Waals surface area contributed by atoms with E-state index in [1.54, 1.807) is 14.1 Å². The third-order valence-electron chi connectivity index (χ3n) is 3.52. The molecule has 3 nitrogen and oxygen atoms in total. The van der Waals surface area contributed by atoms with E-state index in [-0.39, 0.29) is 0 Å². The van der Waals surface area contributed by atoms with Crippen LogP contribution in [0.2, 0.25) is 0 Å². The van der Waals surface area contributed by atoms with E-state index in [9.17, 15) is 0 Å². The number of rotatable bonds is 0. The minimum absolute atomic E-state index is 1.25. The van der Waals surface area contributed by atoms with Crippen LogP contribution in [0.4, 0.5) is 0 Å². The lowest BCUT2D eigenvalue weighted by Crippen LogP contribution is -1.89. The Morgan fingerprint density at radius 1 is 0.348 bits per heavy atom. The second-order valence-electron chi connectivity index (χ2n) is 9.13. The maximum atomic E-state index is 3.36. The average Bonchev–Trinajstić information content (AvgIpc) is 3.09. The molecule has 0 amide bonds. The van der Waals surface area contributed by atoms with E-state index >= 15 is 0 Å². The molecule has 4 aromatic rings. The minimum Gasteiger partial charge on any atom is -0.323 e. The number of hydrogen-bond donors (Lipinski definition) is 1. The number of nitrogens with one attached hydrogen (secondary N) is 1. The number of nitrogens with zero attached hydrogens (tertiary/aromatic N) is 2. The molecule has 268 valence electrons. The Balaban J connectivity index is -0.0000000786. The molecule has 0 heterocycles. The van der Waals surface area contributed by atoms with Crippen molar-refractivity contribution in [2.24, 2.45) is 10.2 Å². The van der Waals surface area contributed by atoms with Crippen LogP contribution in [0.1, 0.15) is 129 Å². The zero-order valence-corrected chi connectivity index (χ0v) is 34.2. The molecule has 0 bridgehead atoms. The third-order valence-corrected chi connectivity index (χ3v) is 3.52. The zero-order chi connectivity index (χ0) is 37.3. The standard InChI is InChI=1S/2C10H8.5C3H8.C2H6N2.C2H7N.2C2H6/c2*1-2-6-10-8-4-3-7-9(10)5-1;5*1-3-2;1-3-4-2;1-3-2;2*1-2/h2*1-8H;5*3H2,1-2H3;1-2H3;3H,1-2H3;2*1-2H3. The van der Waals surface area contributed by atoms with Crippen molar-refractivity contribution in [3.05, 3.63) is 97.1 Å².